The predicted molar refractivity (Wildman–Crippen MR) is 79.2 cm³/mol. The summed E-state index contributed by atoms with van der Waals surface area (Å²) in [4.78, 5) is 16.4. The van der Waals surface area contributed by atoms with Crippen molar-refractivity contribution < 1.29 is 9.90 Å². The van der Waals surface area contributed by atoms with Crippen molar-refractivity contribution in [3.05, 3.63) is 66.1 Å². The molecule has 21 heavy (non-hydrogen) atoms. The van der Waals surface area contributed by atoms with Gasteiger partial charge in [0.2, 0.25) is 0 Å². The van der Waals surface area contributed by atoms with E-state index in [0.717, 1.165) is 5.56 Å². The van der Waals surface area contributed by atoms with Gasteiger partial charge < -0.3 is 14.8 Å². The average Bonchev–Trinajstić information content (AvgIpc) is 2.94. The van der Waals surface area contributed by atoms with Gasteiger partial charge in [-0.2, -0.15) is 0 Å². The van der Waals surface area contributed by atoms with Crippen LogP contribution in [0.3, 0.4) is 0 Å². The lowest BCUT2D eigenvalue weighted by molar-refractivity contribution is 0.0935. The zero-order valence-corrected chi connectivity index (χ0v) is 11.5. The Morgan fingerprint density at radius 3 is 2.71 bits per heavy atom. The van der Waals surface area contributed by atoms with Crippen molar-refractivity contribution in [2.75, 3.05) is 0 Å². The van der Waals surface area contributed by atoms with Gasteiger partial charge in [0.1, 0.15) is 5.69 Å². The molecule has 2 heterocycles. The second-order valence-electron chi connectivity index (χ2n) is 4.86. The van der Waals surface area contributed by atoms with Gasteiger partial charge in [-0.25, -0.2) is 4.98 Å². The van der Waals surface area contributed by atoms with Gasteiger partial charge in [-0.3, -0.25) is 4.79 Å². The van der Waals surface area contributed by atoms with Crippen molar-refractivity contribution in [1.82, 2.24) is 14.7 Å². The van der Waals surface area contributed by atoms with Gasteiger partial charge >= 0.3 is 0 Å². The highest BCUT2D eigenvalue weighted by Gasteiger charge is 2.15. The van der Waals surface area contributed by atoms with Crippen molar-refractivity contribution in [3.8, 4) is 5.75 Å². The number of hydrogen-bond acceptors (Lipinski definition) is 3. The average molecular weight is 281 g/mol. The van der Waals surface area contributed by atoms with Crippen LogP contribution in [0.5, 0.6) is 5.75 Å². The fourth-order valence-corrected chi connectivity index (χ4v) is 2.20. The van der Waals surface area contributed by atoms with Crippen LogP contribution < -0.4 is 5.32 Å². The van der Waals surface area contributed by atoms with E-state index in [4.69, 9.17) is 0 Å². The lowest BCUT2D eigenvalue weighted by Gasteiger charge is -2.12. The van der Waals surface area contributed by atoms with Crippen LogP contribution in [0, 0.1) is 0 Å². The molecule has 3 aromatic rings. The van der Waals surface area contributed by atoms with Crippen LogP contribution in [0.25, 0.3) is 5.65 Å². The lowest BCUT2D eigenvalue weighted by atomic mass is 10.1. The third kappa shape index (κ3) is 2.58. The molecule has 0 saturated heterocycles. The van der Waals surface area contributed by atoms with Crippen molar-refractivity contribution in [2.45, 2.75) is 13.0 Å². The summed E-state index contributed by atoms with van der Waals surface area (Å²) >= 11 is 0. The maximum absolute atomic E-state index is 12.2. The number of carbonyl (C=O) groups is 1. The lowest BCUT2D eigenvalue weighted by Crippen LogP contribution is -2.26. The first-order chi connectivity index (χ1) is 10.1. The van der Waals surface area contributed by atoms with E-state index in [9.17, 15) is 9.90 Å². The quantitative estimate of drug-likeness (QED) is 0.775. The van der Waals surface area contributed by atoms with Crippen LogP contribution in [-0.2, 0) is 0 Å². The number of rotatable bonds is 3. The van der Waals surface area contributed by atoms with Crippen LogP contribution in [0.4, 0.5) is 0 Å². The molecule has 106 valence electrons. The van der Waals surface area contributed by atoms with Crippen molar-refractivity contribution in [2.24, 2.45) is 0 Å². The highest BCUT2D eigenvalue weighted by molar-refractivity contribution is 5.93. The van der Waals surface area contributed by atoms with E-state index in [2.05, 4.69) is 10.3 Å². The van der Waals surface area contributed by atoms with E-state index in [1.807, 2.05) is 37.3 Å². The molecule has 1 aromatic carbocycles. The Balaban J connectivity index is 1.82. The molecule has 0 spiro atoms. The molecule has 5 nitrogen and oxygen atoms in total. The molecule has 0 aliphatic heterocycles. The molecule has 0 saturated carbocycles. The third-order valence-electron chi connectivity index (χ3n) is 3.34. The number of nitrogens with one attached hydrogen (secondary N) is 1. The third-order valence-corrected chi connectivity index (χ3v) is 3.34. The number of fused-ring (bicyclic) bond motifs is 1. The summed E-state index contributed by atoms with van der Waals surface area (Å²) in [5, 5.41) is 12.6. The first-order valence-electron chi connectivity index (χ1n) is 6.67. The SMILES string of the molecule is CC(NC(=O)c1cn2cccc(O)c2n1)c1ccccc1. The second-order valence-corrected chi connectivity index (χ2v) is 4.86. The Kier molecular flexibility index (Phi) is 3.31. The zero-order valence-electron chi connectivity index (χ0n) is 11.5. The molecule has 0 radical (unpaired) electrons. The number of carbonyl (C=O) groups excluding carboxylic acids is 1. The second kappa shape index (κ2) is 5.28. The number of benzene rings is 1. The molecule has 0 aliphatic rings. The van der Waals surface area contributed by atoms with Crippen LogP contribution in [-0.4, -0.2) is 20.4 Å². The molecule has 5 heteroatoms. The summed E-state index contributed by atoms with van der Waals surface area (Å²) in [6.45, 7) is 1.92. The maximum Gasteiger partial charge on any atom is 0.271 e. The molecule has 2 N–H and O–H groups in total. The molecule has 3 rings (SSSR count). The predicted octanol–water partition coefficient (Wildman–Crippen LogP) is 2.53. The van der Waals surface area contributed by atoms with E-state index in [1.165, 1.54) is 6.07 Å². The molecule has 0 bridgehead atoms. The van der Waals surface area contributed by atoms with E-state index in [-0.39, 0.29) is 23.4 Å². The molecule has 1 atom stereocenters. The van der Waals surface area contributed by atoms with Crippen LogP contribution in [0.2, 0.25) is 0 Å². The van der Waals surface area contributed by atoms with Gasteiger partial charge in [-0.05, 0) is 24.6 Å². The van der Waals surface area contributed by atoms with Crippen LogP contribution in [0.1, 0.15) is 29.0 Å². The van der Waals surface area contributed by atoms with E-state index in [1.54, 1.807) is 22.9 Å². The number of imidazole rings is 1. The fraction of sp³-hybridized carbons (Fsp3) is 0.125. The molecule has 1 unspecified atom stereocenters. The summed E-state index contributed by atoms with van der Waals surface area (Å²) in [7, 11) is 0. The topological polar surface area (TPSA) is 66.6 Å². The highest BCUT2D eigenvalue weighted by Crippen LogP contribution is 2.17. The minimum Gasteiger partial charge on any atom is -0.504 e. The number of aromatic nitrogens is 2. The summed E-state index contributed by atoms with van der Waals surface area (Å²) in [6, 6.07) is 12.8. The Hall–Kier alpha value is -2.82. The van der Waals surface area contributed by atoms with Gasteiger partial charge in [-0.15, -0.1) is 0 Å². The van der Waals surface area contributed by atoms with Gasteiger partial charge in [0, 0.05) is 12.4 Å². The van der Waals surface area contributed by atoms with E-state index < -0.39 is 0 Å². The summed E-state index contributed by atoms with van der Waals surface area (Å²) in [6.07, 6.45) is 3.33. The number of nitrogens with zero attached hydrogens (tertiary/aromatic N) is 2. The van der Waals surface area contributed by atoms with Gasteiger partial charge in [-0.1, -0.05) is 30.3 Å². The van der Waals surface area contributed by atoms with Crippen LogP contribution in [0.15, 0.2) is 54.9 Å². The highest BCUT2D eigenvalue weighted by atomic mass is 16.3. The monoisotopic (exact) mass is 281 g/mol. The van der Waals surface area contributed by atoms with Crippen molar-refractivity contribution in [3.63, 3.8) is 0 Å². The molecular weight excluding hydrogens is 266 g/mol. The number of pyridine rings is 1. The van der Waals surface area contributed by atoms with Gasteiger partial charge in [0.25, 0.3) is 5.91 Å². The van der Waals surface area contributed by atoms with Gasteiger partial charge in [0.05, 0.1) is 6.04 Å². The summed E-state index contributed by atoms with van der Waals surface area (Å²) in [5.41, 5.74) is 1.67. The van der Waals surface area contributed by atoms with E-state index >= 15 is 0 Å². The largest absolute Gasteiger partial charge is 0.504 e. The van der Waals surface area contributed by atoms with Gasteiger partial charge in [0.15, 0.2) is 11.4 Å². The molecule has 1 amide bonds. The molecular formula is C16H15N3O2. The van der Waals surface area contributed by atoms with E-state index in [0.29, 0.717) is 5.65 Å². The Morgan fingerprint density at radius 1 is 1.24 bits per heavy atom. The Morgan fingerprint density at radius 2 is 2.00 bits per heavy atom. The minimum absolute atomic E-state index is 0.0488. The van der Waals surface area contributed by atoms with Crippen molar-refractivity contribution >= 4 is 11.6 Å². The normalized spacial score (nSPS) is 12.2. The van der Waals surface area contributed by atoms with Crippen molar-refractivity contribution in [1.29, 1.82) is 0 Å². The Labute approximate surface area is 121 Å². The zero-order chi connectivity index (χ0) is 14.8. The molecule has 0 fully saturated rings. The Bertz CT molecular complexity index is 781. The first-order valence-corrected chi connectivity index (χ1v) is 6.67. The summed E-state index contributed by atoms with van der Waals surface area (Å²) < 4.78 is 1.62. The minimum atomic E-state index is -0.269. The molecule has 0 aliphatic carbocycles. The number of aromatic hydroxyl groups is 1. The number of amides is 1. The smallest absolute Gasteiger partial charge is 0.271 e. The maximum atomic E-state index is 12.2. The standard InChI is InChI=1S/C16H15N3O2/c1-11(12-6-3-2-4-7-12)17-16(21)13-10-19-9-5-8-14(20)15(19)18-13/h2-11,20H,1H3,(H,17,21). The first kappa shape index (κ1) is 13.2. The summed E-state index contributed by atoms with van der Waals surface area (Å²) in [5.74, 6) is -0.220. The fourth-order valence-electron chi connectivity index (χ4n) is 2.20. The molecule has 2 aromatic heterocycles. The number of hydrogen-bond donors (Lipinski definition) is 2. The van der Waals surface area contributed by atoms with Crippen LogP contribution >= 0.6 is 0 Å².